The van der Waals surface area contributed by atoms with Gasteiger partial charge in [0.25, 0.3) is 5.91 Å². The first-order valence-corrected chi connectivity index (χ1v) is 14.8. The van der Waals surface area contributed by atoms with Gasteiger partial charge in [-0.05, 0) is 108 Å². The summed E-state index contributed by atoms with van der Waals surface area (Å²) < 4.78 is 0. The lowest BCUT2D eigenvalue weighted by molar-refractivity contribution is 0.0284. The molecular formula is C35H43N3O. The first-order chi connectivity index (χ1) is 18.8. The third-order valence-corrected chi connectivity index (χ3v) is 9.95. The zero-order valence-corrected chi connectivity index (χ0v) is 24.0. The number of piperidine rings is 1. The summed E-state index contributed by atoms with van der Waals surface area (Å²) in [5.41, 5.74) is 8.70. The SMILES string of the molecule is CC1C2Cc3ccc(C(=O)NCCc4ccc(-c5ccc(N(C)C)cc5)cc4)cc3C1(C)CCN2CC1CC1. The van der Waals surface area contributed by atoms with Crippen LogP contribution in [0.5, 0.6) is 0 Å². The molecule has 2 fully saturated rings. The van der Waals surface area contributed by atoms with Crippen LogP contribution < -0.4 is 10.2 Å². The number of likely N-dealkylation sites (tertiary alicyclic amines) is 1. The highest BCUT2D eigenvalue weighted by molar-refractivity contribution is 5.94. The van der Waals surface area contributed by atoms with Gasteiger partial charge in [-0.15, -0.1) is 0 Å². The van der Waals surface area contributed by atoms with Crippen molar-refractivity contribution in [3.8, 4) is 11.1 Å². The van der Waals surface area contributed by atoms with Crippen LogP contribution in [-0.4, -0.2) is 50.6 Å². The molecule has 4 heteroatoms. The van der Waals surface area contributed by atoms with Crippen LogP contribution in [0.15, 0.2) is 66.7 Å². The molecule has 1 amide bonds. The summed E-state index contributed by atoms with van der Waals surface area (Å²) >= 11 is 0. The molecule has 3 unspecified atom stereocenters. The molecule has 39 heavy (non-hydrogen) atoms. The molecule has 1 saturated heterocycles. The molecule has 3 aromatic carbocycles. The molecule has 1 saturated carbocycles. The zero-order chi connectivity index (χ0) is 27.1. The Morgan fingerprint density at radius 3 is 2.36 bits per heavy atom. The topological polar surface area (TPSA) is 35.6 Å². The molecule has 2 bridgehead atoms. The average Bonchev–Trinajstić information content (AvgIpc) is 3.77. The number of carbonyl (C=O) groups excluding carboxylic acids is 1. The van der Waals surface area contributed by atoms with E-state index in [0.717, 1.165) is 24.3 Å². The molecule has 4 nitrogen and oxygen atoms in total. The fourth-order valence-corrected chi connectivity index (χ4v) is 6.95. The monoisotopic (exact) mass is 521 g/mol. The van der Waals surface area contributed by atoms with E-state index in [1.165, 1.54) is 65.9 Å². The van der Waals surface area contributed by atoms with Crippen molar-refractivity contribution in [2.45, 2.75) is 57.4 Å². The maximum atomic E-state index is 13.2. The maximum Gasteiger partial charge on any atom is 0.251 e. The minimum absolute atomic E-state index is 0.0416. The lowest BCUT2D eigenvalue weighted by Gasteiger charge is -2.55. The van der Waals surface area contributed by atoms with Crippen molar-refractivity contribution < 1.29 is 4.79 Å². The quantitative estimate of drug-likeness (QED) is 0.376. The minimum Gasteiger partial charge on any atom is -0.378 e. The van der Waals surface area contributed by atoms with Gasteiger partial charge < -0.3 is 10.2 Å². The Balaban J connectivity index is 1.07. The molecular weight excluding hydrogens is 478 g/mol. The van der Waals surface area contributed by atoms with Gasteiger partial charge in [0.2, 0.25) is 0 Å². The van der Waals surface area contributed by atoms with Crippen LogP contribution in [0.4, 0.5) is 5.69 Å². The fourth-order valence-electron chi connectivity index (χ4n) is 6.95. The van der Waals surface area contributed by atoms with Crippen molar-refractivity contribution >= 4 is 11.6 Å². The number of amides is 1. The summed E-state index contributed by atoms with van der Waals surface area (Å²) in [6.45, 7) is 8.01. The standard InChI is InChI=1S/C35H43N3O/c1-24-33-22-29-11-12-30(21-32(29)35(24,2)18-20-38(33)23-26-5-6-26)34(39)36-19-17-25-7-9-27(10-8-25)28-13-15-31(16-14-28)37(3)4/h7-16,21,24,26,33H,5-6,17-20,22-23H2,1-4H3,(H,36,39). The Morgan fingerprint density at radius 1 is 1.00 bits per heavy atom. The smallest absolute Gasteiger partial charge is 0.251 e. The van der Waals surface area contributed by atoms with E-state index in [-0.39, 0.29) is 11.3 Å². The van der Waals surface area contributed by atoms with E-state index in [9.17, 15) is 4.79 Å². The van der Waals surface area contributed by atoms with Crippen molar-refractivity contribution in [2.75, 3.05) is 38.6 Å². The summed E-state index contributed by atoms with van der Waals surface area (Å²) in [4.78, 5) is 18.0. The normalized spacial score (nSPS) is 24.2. The molecule has 0 radical (unpaired) electrons. The van der Waals surface area contributed by atoms with Crippen LogP contribution in [0.2, 0.25) is 0 Å². The second-order valence-electron chi connectivity index (χ2n) is 12.7. The van der Waals surface area contributed by atoms with E-state index < -0.39 is 0 Å². The van der Waals surface area contributed by atoms with Gasteiger partial charge in [0, 0.05) is 44.5 Å². The van der Waals surface area contributed by atoms with Gasteiger partial charge in [-0.2, -0.15) is 0 Å². The Morgan fingerprint density at radius 2 is 1.69 bits per heavy atom. The minimum atomic E-state index is 0.0416. The molecule has 0 aromatic heterocycles. The van der Waals surface area contributed by atoms with Gasteiger partial charge in [-0.1, -0.05) is 56.3 Å². The first kappa shape index (κ1) is 26.1. The molecule has 1 aliphatic heterocycles. The van der Waals surface area contributed by atoms with Crippen LogP contribution in [0.3, 0.4) is 0 Å². The van der Waals surface area contributed by atoms with Gasteiger partial charge in [0.05, 0.1) is 0 Å². The number of benzene rings is 3. The number of carbonyl (C=O) groups is 1. The lowest BCUT2D eigenvalue weighted by Crippen LogP contribution is -2.58. The third-order valence-electron chi connectivity index (χ3n) is 9.95. The predicted octanol–water partition coefficient (Wildman–Crippen LogP) is 6.33. The predicted molar refractivity (Wildman–Crippen MR) is 162 cm³/mol. The Kier molecular flexibility index (Phi) is 7.01. The van der Waals surface area contributed by atoms with Gasteiger partial charge in [-0.3, -0.25) is 9.69 Å². The van der Waals surface area contributed by atoms with Crippen LogP contribution >= 0.6 is 0 Å². The van der Waals surface area contributed by atoms with Crippen LogP contribution in [0.25, 0.3) is 11.1 Å². The summed E-state index contributed by atoms with van der Waals surface area (Å²) in [6.07, 6.45) is 5.97. The zero-order valence-electron chi connectivity index (χ0n) is 24.0. The number of nitrogens with one attached hydrogen (secondary N) is 1. The lowest BCUT2D eigenvalue weighted by atomic mass is 9.59. The van der Waals surface area contributed by atoms with E-state index >= 15 is 0 Å². The molecule has 3 atom stereocenters. The number of hydrogen-bond acceptors (Lipinski definition) is 3. The van der Waals surface area contributed by atoms with Gasteiger partial charge in [0.1, 0.15) is 0 Å². The van der Waals surface area contributed by atoms with Crippen molar-refractivity contribution in [2.24, 2.45) is 11.8 Å². The van der Waals surface area contributed by atoms with Crippen LogP contribution in [0.1, 0.15) is 60.2 Å². The van der Waals surface area contributed by atoms with E-state index in [2.05, 4.69) is 104 Å². The van der Waals surface area contributed by atoms with Gasteiger partial charge in [0.15, 0.2) is 0 Å². The van der Waals surface area contributed by atoms with Crippen molar-refractivity contribution in [1.82, 2.24) is 10.2 Å². The molecule has 0 spiro atoms. The average molecular weight is 522 g/mol. The van der Waals surface area contributed by atoms with E-state index in [1.54, 1.807) is 0 Å². The van der Waals surface area contributed by atoms with Crippen LogP contribution in [-0.2, 0) is 18.3 Å². The summed E-state index contributed by atoms with van der Waals surface area (Å²) in [5.74, 6) is 1.59. The molecule has 2 aliphatic carbocycles. The molecule has 1 N–H and O–H groups in total. The van der Waals surface area contributed by atoms with E-state index in [0.29, 0.717) is 18.5 Å². The Bertz CT molecular complexity index is 1330. The van der Waals surface area contributed by atoms with Gasteiger partial charge >= 0.3 is 0 Å². The number of hydrogen-bond donors (Lipinski definition) is 1. The fraction of sp³-hybridized carbons (Fsp3) is 0.457. The second-order valence-corrected chi connectivity index (χ2v) is 12.7. The molecule has 1 heterocycles. The highest BCUT2D eigenvalue weighted by Gasteiger charge is 2.49. The number of nitrogens with zero attached hydrogens (tertiary/aromatic N) is 2. The Labute approximate surface area is 234 Å². The third kappa shape index (κ3) is 5.24. The van der Waals surface area contributed by atoms with Gasteiger partial charge in [-0.25, -0.2) is 0 Å². The van der Waals surface area contributed by atoms with Crippen molar-refractivity contribution in [3.05, 3.63) is 89.0 Å². The van der Waals surface area contributed by atoms with E-state index in [1.807, 2.05) is 6.07 Å². The molecule has 204 valence electrons. The first-order valence-electron chi connectivity index (χ1n) is 14.8. The van der Waals surface area contributed by atoms with Crippen molar-refractivity contribution in [1.29, 1.82) is 0 Å². The summed E-state index contributed by atoms with van der Waals surface area (Å²) in [7, 11) is 4.12. The van der Waals surface area contributed by atoms with Crippen LogP contribution in [0, 0.1) is 11.8 Å². The number of fused-ring (bicyclic) bond motifs is 4. The molecule has 3 aromatic rings. The second kappa shape index (κ2) is 10.5. The molecule has 3 aliphatic rings. The largest absolute Gasteiger partial charge is 0.378 e. The highest BCUT2D eigenvalue weighted by atomic mass is 16.1. The van der Waals surface area contributed by atoms with Crippen molar-refractivity contribution in [3.63, 3.8) is 0 Å². The summed E-state index contributed by atoms with van der Waals surface area (Å²) in [6, 6.07) is 24.5. The number of rotatable bonds is 8. The Hall–Kier alpha value is -3.11. The maximum absolute atomic E-state index is 13.2. The number of anilines is 1. The molecule has 6 rings (SSSR count). The summed E-state index contributed by atoms with van der Waals surface area (Å²) in [5, 5.41) is 3.18. The van der Waals surface area contributed by atoms with E-state index in [4.69, 9.17) is 0 Å². The highest BCUT2D eigenvalue weighted by Crippen LogP contribution is 2.49.